The molecule has 1 saturated heterocycles. The molecule has 2 N–H and O–H groups in total. The summed E-state index contributed by atoms with van der Waals surface area (Å²) in [6.45, 7) is 7.07. The molecule has 1 aromatic heterocycles. The zero-order valence-corrected chi connectivity index (χ0v) is 18.0. The molecule has 0 spiro atoms. The molecule has 164 valence electrons. The van der Waals surface area contributed by atoms with Crippen LogP contribution in [0.25, 0.3) is 0 Å². The number of rotatable bonds is 7. The minimum atomic E-state index is -0.250. The molecule has 0 aliphatic carbocycles. The largest absolute Gasteiger partial charge is 0.492 e. The van der Waals surface area contributed by atoms with Crippen LogP contribution in [0.2, 0.25) is 5.02 Å². The third-order valence-electron chi connectivity index (χ3n) is 5.01. The Labute approximate surface area is 181 Å². The number of piperidine rings is 1. The highest BCUT2D eigenvalue weighted by atomic mass is 35.5. The second-order valence-electron chi connectivity index (χ2n) is 7.07. The first-order chi connectivity index (χ1) is 14.5. The Hall–Kier alpha value is -2.58. The fraction of sp³-hybridized carbons (Fsp3) is 0.476. The van der Waals surface area contributed by atoms with Crippen molar-refractivity contribution in [1.82, 2.24) is 15.4 Å². The van der Waals surface area contributed by atoms with Gasteiger partial charge in [-0.05, 0) is 43.5 Å². The van der Waals surface area contributed by atoms with E-state index in [9.17, 15) is 4.79 Å². The molecule has 0 unspecified atom stereocenters. The van der Waals surface area contributed by atoms with Gasteiger partial charge in [0.2, 0.25) is 0 Å². The van der Waals surface area contributed by atoms with Crippen molar-refractivity contribution in [3.63, 3.8) is 0 Å². The molecule has 1 fully saturated rings. The summed E-state index contributed by atoms with van der Waals surface area (Å²) in [6, 6.07) is 9.24. The van der Waals surface area contributed by atoms with Crippen LogP contribution in [0.5, 0.6) is 5.75 Å². The predicted octanol–water partition coefficient (Wildman–Crippen LogP) is 3.25. The second-order valence-corrected chi connectivity index (χ2v) is 7.50. The number of benzene rings is 1. The van der Waals surface area contributed by atoms with E-state index in [1.807, 2.05) is 24.3 Å². The molecule has 0 bridgehead atoms. The Morgan fingerprint density at radius 1 is 1.43 bits per heavy atom. The number of nitrogens with zero attached hydrogens (tertiary/aromatic N) is 2. The van der Waals surface area contributed by atoms with Gasteiger partial charge in [-0.15, -0.1) is 0 Å². The van der Waals surface area contributed by atoms with Crippen LogP contribution in [-0.2, 0) is 4.79 Å². The Morgan fingerprint density at radius 3 is 2.73 bits per heavy atom. The molecular weight excluding hydrogens is 410 g/mol. The molecule has 1 amide bonds. The highest BCUT2D eigenvalue weighted by Crippen LogP contribution is 2.21. The molecule has 2 heterocycles. The SMILES string of the molecule is CC[C@@H]1CN(CCOc2ccc(Cl)cc2)CC[C@@H]1NC(=O)c1cc(C)on1.O=CO. The maximum atomic E-state index is 12.3. The number of hydrogen-bond acceptors (Lipinski definition) is 6. The first kappa shape index (κ1) is 23.7. The summed E-state index contributed by atoms with van der Waals surface area (Å²) in [7, 11) is 0. The molecular formula is C21H28ClN3O5. The van der Waals surface area contributed by atoms with E-state index in [2.05, 4.69) is 22.3 Å². The van der Waals surface area contributed by atoms with Gasteiger partial charge in [-0.25, -0.2) is 0 Å². The van der Waals surface area contributed by atoms with Crippen LogP contribution in [0.1, 0.15) is 36.0 Å². The summed E-state index contributed by atoms with van der Waals surface area (Å²) in [5, 5.41) is 14.5. The number of carbonyl (C=O) groups excluding carboxylic acids is 1. The van der Waals surface area contributed by atoms with Gasteiger partial charge in [0, 0.05) is 36.8 Å². The van der Waals surface area contributed by atoms with E-state index >= 15 is 0 Å². The van der Waals surface area contributed by atoms with Gasteiger partial charge in [0.05, 0.1) is 0 Å². The van der Waals surface area contributed by atoms with Crippen LogP contribution in [0.4, 0.5) is 0 Å². The summed E-state index contributed by atoms with van der Waals surface area (Å²) < 4.78 is 10.8. The third-order valence-corrected chi connectivity index (χ3v) is 5.26. The van der Waals surface area contributed by atoms with Crippen molar-refractivity contribution in [3.8, 4) is 5.75 Å². The van der Waals surface area contributed by atoms with Gasteiger partial charge < -0.3 is 19.7 Å². The monoisotopic (exact) mass is 437 g/mol. The molecule has 1 aromatic carbocycles. The zero-order valence-electron chi connectivity index (χ0n) is 17.2. The van der Waals surface area contributed by atoms with E-state index in [0.29, 0.717) is 29.0 Å². The minimum absolute atomic E-state index is 0.158. The van der Waals surface area contributed by atoms with Gasteiger partial charge in [-0.1, -0.05) is 30.1 Å². The van der Waals surface area contributed by atoms with Gasteiger partial charge >= 0.3 is 0 Å². The molecule has 1 aliphatic rings. The Bertz CT molecular complexity index is 796. The number of halogens is 1. The number of carbonyl (C=O) groups is 2. The van der Waals surface area contributed by atoms with E-state index in [0.717, 1.165) is 38.2 Å². The lowest BCUT2D eigenvalue weighted by atomic mass is 9.89. The summed E-state index contributed by atoms with van der Waals surface area (Å²) in [5.41, 5.74) is 0.348. The van der Waals surface area contributed by atoms with E-state index in [1.165, 1.54) is 0 Å². The van der Waals surface area contributed by atoms with E-state index in [1.54, 1.807) is 13.0 Å². The van der Waals surface area contributed by atoms with E-state index in [4.69, 9.17) is 30.8 Å². The van der Waals surface area contributed by atoms with Crippen LogP contribution in [-0.4, -0.2) is 59.8 Å². The molecule has 0 radical (unpaired) electrons. The second kappa shape index (κ2) is 12.2. The first-order valence-corrected chi connectivity index (χ1v) is 10.3. The third kappa shape index (κ3) is 7.35. The number of likely N-dealkylation sites (tertiary alicyclic amines) is 1. The minimum Gasteiger partial charge on any atom is -0.492 e. The summed E-state index contributed by atoms with van der Waals surface area (Å²) >= 11 is 5.89. The predicted molar refractivity (Wildman–Crippen MR) is 113 cm³/mol. The van der Waals surface area contributed by atoms with E-state index < -0.39 is 0 Å². The molecule has 8 nitrogen and oxygen atoms in total. The smallest absolute Gasteiger partial charge is 0.290 e. The van der Waals surface area contributed by atoms with Crippen molar-refractivity contribution in [2.75, 3.05) is 26.2 Å². The van der Waals surface area contributed by atoms with Crippen molar-refractivity contribution >= 4 is 24.0 Å². The quantitative estimate of drug-likeness (QED) is 0.640. The van der Waals surface area contributed by atoms with Gasteiger partial charge in [-0.2, -0.15) is 0 Å². The Morgan fingerprint density at radius 2 is 2.13 bits per heavy atom. The average molecular weight is 438 g/mol. The van der Waals surface area contributed by atoms with Crippen molar-refractivity contribution in [3.05, 3.63) is 46.8 Å². The van der Waals surface area contributed by atoms with Crippen LogP contribution in [0, 0.1) is 12.8 Å². The maximum absolute atomic E-state index is 12.3. The lowest BCUT2D eigenvalue weighted by Crippen LogP contribution is -2.51. The number of amides is 1. The fourth-order valence-electron chi connectivity index (χ4n) is 3.45. The Balaban J connectivity index is 0.00000101. The van der Waals surface area contributed by atoms with E-state index in [-0.39, 0.29) is 18.4 Å². The number of carboxylic acid groups (broad SMARTS) is 1. The number of aromatic nitrogens is 1. The molecule has 2 aromatic rings. The summed E-state index contributed by atoms with van der Waals surface area (Å²) in [6.07, 6.45) is 1.93. The number of ether oxygens (including phenoxy) is 1. The van der Waals surface area contributed by atoms with Crippen molar-refractivity contribution in [2.45, 2.75) is 32.7 Å². The Kier molecular flexibility index (Phi) is 9.63. The number of aryl methyl sites for hydroxylation is 1. The highest BCUT2D eigenvalue weighted by Gasteiger charge is 2.29. The molecule has 2 atom stereocenters. The first-order valence-electron chi connectivity index (χ1n) is 9.89. The normalized spacial score (nSPS) is 18.8. The fourth-order valence-corrected chi connectivity index (χ4v) is 3.58. The van der Waals surface area contributed by atoms with Crippen LogP contribution in [0.15, 0.2) is 34.9 Å². The van der Waals surface area contributed by atoms with Gasteiger partial charge in [0.15, 0.2) is 5.69 Å². The lowest BCUT2D eigenvalue weighted by molar-refractivity contribution is -0.122. The number of nitrogens with one attached hydrogen (secondary N) is 1. The standard InChI is InChI=1S/C20H26ClN3O3.CH2O2/c1-3-15-13-24(10-11-26-17-6-4-16(21)5-7-17)9-8-18(15)22-20(25)19-12-14(2)27-23-19;2-1-3/h4-7,12,15,18H,3,8-11,13H2,1-2H3,(H,22,25);1H,(H,2,3)/t15-,18+;/m1./s1. The van der Waals surface area contributed by atoms with Crippen LogP contribution < -0.4 is 10.1 Å². The molecule has 0 saturated carbocycles. The average Bonchev–Trinajstić information content (AvgIpc) is 3.17. The summed E-state index contributed by atoms with van der Waals surface area (Å²) in [4.78, 5) is 23.1. The summed E-state index contributed by atoms with van der Waals surface area (Å²) in [5.74, 6) is 1.72. The molecule has 30 heavy (non-hydrogen) atoms. The van der Waals surface area contributed by atoms with Gasteiger partial charge in [0.25, 0.3) is 12.4 Å². The van der Waals surface area contributed by atoms with Crippen molar-refractivity contribution in [2.24, 2.45) is 5.92 Å². The van der Waals surface area contributed by atoms with Crippen LogP contribution in [0.3, 0.4) is 0 Å². The van der Waals surface area contributed by atoms with Gasteiger partial charge in [-0.3, -0.25) is 14.5 Å². The maximum Gasteiger partial charge on any atom is 0.290 e. The zero-order chi connectivity index (χ0) is 21.9. The highest BCUT2D eigenvalue weighted by molar-refractivity contribution is 6.30. The topological polar surface area (TPSA) is 105 Å². The lowest BCUT2D eigenvalue weighted by Gasteiger charge is -2.38. The van der Waals surface area contributed by atoms with Crippen LogP contribution >= 0.6 is 11.6 Å². The van der Waals surface area contributed by atoms with Crippen molar-refractivity contribution in [1.29, 1.82) is 0 Å². The van der Waals surface area contributed by atoms with Gasteiger partial charge in [0.1, 0.15) is 18.1 Å². The molecule has 3 rings (SSSR count). The molecule has 9 heteroatoms. The van der Waals surface area contributed by atoms with Crippen molar-refractivity contribution < 1.29 is 24.0 Å². The molecule has 1 aliphatic heterocycles. The number of hydrogen-bond donors (Lipinski definition) is 2.